The topological polar surface area (TPSA) is 59.4 Å². The molecule has 0 aliphatic rings. The van der Waals surface area contributed by atoms with E-state index in [9.17, 15) is 4.79 Å². The van der Waals surface area contributed by atoms with Gasteiger partial charge in [-0.3, -0.25) is 0 Å². The maximum absolute atomic E-state index is 11.1. The highest BCUT2D eigenvalue weighted by atomic mass is 32.1. The van der Waals surface area contributed by atoms with E-state index in [1.54, 1.807) is 6.92 Å². The Morgan fingerprint density at radius 3 is 2.39 bits per heavy atom. The van der Waals surface area contributed by atoms with Crippen LogP contribution in [-0.4, -0.2) is 16.1 Å². The summed E-state index contributed by atoms with van der Waals surface area (Å²) < 4.78 is 5.86. The molecule has 3 aromatic rings. The van der Waals surface area contributed by atoms with Gasteiger partial charge in [0.2, 0.25) is 0 Å². The van der Waals surface area contributed by atoms with Crippen LogP contribution in [0.4, 0.5) is 0 Å². The van der Waals surface area contributed by atoms with Crippen molar-refractivity contribution in [3.8, 4) is 22.1 Å². The average Bonchev–Trinajstić information content (AvgIpc) is 2.92. The summed E-state index contributed by atoms with van der Waals surface area (Å²) in [6, 6.07) is 15.3. The van der Waals surface area contributed by atoms with Crippen LogP contribution in [-0.2, 0) is 0 Å². The second kappa shape index (κ2) is 6.22. The molecular weight excluding hydrogens is 310 g/mol. The number of benzene rings is 2. The van der Waals surface area contributed by atoms with Gasteiger partial charge in [-0.1, -0.05) is 18.2 Å². The van der Waals surface area contributed by atoms with E-state index < -0.39 is 5.97 Å². The van der Waals surface area contributed by atoms with E-state index in [1.165, 1.54) is 11.3 Å². The highest BCUT2D eigenvalue weighted by molar-refractivity contribution is 7.17. The van der Waals surface area contributed by atoms with Crippen LogP contribution in [0.2, 0.25) is 0 Å². The normalized spacial score (nSPS) is 10.5. The Morgan fingerprint density at radius 2 is 1.78 bits per heavy atom. The predicted molar refractivity (Wildman–Crippen MR) is 90.5 cm³/mol. The van der Waals surface area contributed by atoms with Crippen molar-refractivity contribution in [1.29, 1.82) is 0 Å². The van der Waals surface area contributed by atoms with E-state index in [1.807, 2.05) is 55.5 Å². The molecule has 0 spiro atoms. The van der Waals surface area contributed by atoms with E-state index in [2.05, 4.69) is 4.98 Å². The SMILES string of the molecule is Cc1ccccc1Oc1ccc(-c2nc(C)c(C(=O)O)s2)cc1. The molecule has 0 saturated carbocycles. The Morgan fingerprint density at radius 1 is 1.09 bits per heavy atom. The second-order valence-electron chi connectivity index (χ2n) is 5.13. The van der Waals surface area contributed by atoms with Crippen molar-refractivity contribution in [2.45, 2.75) is 13.8 Å². The Bertz CT molecular complexity index is 853. The molecule has 0 amide bonds. The number of nitrogens with zero attached hydrogens (tertiary/aromatic N) is 1. The fourth-order valence-electron chi connectivity index (χ4n) is 2.18. The minimum Gasteiger partial charge on any atom is -0.477 e. The number of carboxylic acids is 1. The Balaban J connectivity index is 1.84. The molecule has 0 atom stereocenters. The number of aromatic nitrogens is 1. The molecule has 2 aromatic carbocycles. The van der Waals surface area contributed by atoms with E-state index in [0.29, 0.717) is 10.7 Å². The zero-order valence-electron chi connectivity index (χ0n) is 12.7. The number of ether oxygens (including phenoxy) is 1. The van der Waals surface area contributed by atoms with Crippen molar-refractivity contribution in [3.63, 3.8) is 0 Å². The van der Waals surface area contributed by atoms with Gasteiger partial charge in [-0.05, 0) is 49.7 Å². The molecule has 1 heterocycles. The minimum atomic E-state index is -0.939. The van der Waals surface area contributed by atoms with Gasteiger partial charge in [-0.25, -0.2) is 9.78 Å². The van der Waals surface area contributed by atoms with Crippen molar-refractivity contribution < 1.29 is 14.6 Å². The van der Waals surface area contributed by atoms with Gasteiger partial charge in [0.15, 0.2) is 0 Å². The quantitative estimate of drug-likeness (QED) is 0.740. The van der Waals surface area contributed by atoms with Crippen LogP contribution in [0.5, 0.6) is 11.5 Å². The third-order valence-electron chi connectivity index (χ3n) is 3.41. The number of aromatic carboxylic acids is 1. The molecule has 0 bridgehead atoms. The van der Waals surface area contributed by atoms with Crippen LogP contribution < -0.4 is 4.74 Å². The molecule has 0 saturated heterocycles. The van der Waals surface area contributed by atoms with Crippen LogP contribution in [0.3, 0.4) is 0 Å². The zero-order chi connectivity index (χ0) is 16.4. The van der Waals surface area contributed by atoms with Crippen LogP contribution in [0.25, 0.3) is 10.6 Å². The van der Waals surface area contributed by atoms with Crippen LogP contribution in [0.15, 0.2) is 48.5 Å². The lowest BCUT2D eigenvalue weighted by Crippen LogP contribution is -1.94. The molecule has 23 heavy (non-hydrogen) atoms. The van der Waals surface area contributed by atoms with Gasteiger partial charge >= 0.3 is 5.97 Å². The summed E-state index contributed by atoms with van der Waals surface area (Å²) in [4.78, 5) is 15.7. The number of hydrogen-bond donors (Lipinski definition) is 1. The Labute approximate surface area is 138 Å². The van der Waals surface area contributed by atoms with Gasteiger partial charge in [0.25, 0.3) is 0 Å². The van der Waals surface area contributed by atoms with E-state index in [-0.39, 0.29) is 4.88 Å². The predicted octanol–water partition coefficient (Wildman–Crippen LogP) is 4.92. The first-order valence-corrected chi connectivity index (χ1v) is 7.91. The van der Waals surface area contributed by atoms with E-state index >= 15 is 0 Å². The van der Waals surface area contributed by atoms with E-state index in [0.717, 1.165) is 22.6 Å². The average molecular weight is 325 g/mol. The Hall–Kier alpha value is -2.66. The van der Waals surface area contributed by atoms with Crippen molar-refractivity contribution >= 4 is 17.3 Å². The molecule has 1 aromatic heterocycles. The monoisotopic (exact) mass is 325 g/mol. The lowest BCUT2D eigenvalue weighted by atomic mass is 10.2. The second-order valence-corrected chi connectivity index (χ2v) is 6.13. The van der Waals surface area contributed by atoms with Gasteiger partial charge in [-0.15, -0.1) is 11.3 Å². The summed E-state index contributed by atoms with van der Waals surface area (Å²) in [6.07, 6.45) is 0. The first-order chi connectivity index (χ1) is 11.0. The molecular formula is C18H15NO3S. The number of rotatable bonds is 4. The molecule has 3 rings (SSSR count). The van der Waals surface area contributed by atoms with Gasteiger partial charge in [-0.2, -0.15) is 0 Å². The third-order valence-corrected chi connectivity index (χ3v) is 4.61. The number of hydrogen-bond acceptors (Lipinski definition) is 4. The highest BCUT2D eigenvalue weighted by Gasteiger charge is 2.15. The summed E-state index contributed by atoms with van der Waals surface area (Å²) in [7, 11) is 0. The number of para-hydroxylation sites is 1. The molecule has 0 radical (unpaired) electrons. The minimum absolute atomic E-state index is 0.278. The molecule has 1 N–H and O–H groups in total. The summed E-state index contributed by atoms with van der Waals surface area (Å²) >= 11 is 1.18. The molecule has 0 aliphatic carbocycles. The maximum atomic E-state index is 11.1. The summed E-state index contributed by atoms with van der Waals surface area (Å²) in [5.74, 6) is 0.610. The third kappa shape index (κ3) is 3.24. The number of thiazole rings is 1. The fourth-order valence-corrected chi connectivity index (χ4v) is 3.09. The molecule has 0 fully saturated rings. The standard InChI is InChI=1S/C18H15NO3S/c1-11-5-3-4-6-15(11)22-14-9-7-13(8-10-14)17-19-12(2)16(23-17)18(20)21/h3-10H,1-2H3,(H,20,21). The van der Waals surface area contributed by atoms with Gasteiger partial charge in [0, 0.05) is 5.56 Å². The number of carboxylic acid groups (broad SMARTS) is 1. The van der Waals surface area contributed by atoms with Crippen molar-refractivity contribution in [2.24, 2.45) is 0 Å². The largest absolute Gasteiger partial charge is 0.477 e. The van der Waals surface area contributed by atoms with Crippen molar-refractivity contribution in [1.82, 2.24) is 4.98 Å². The van der Waals surface area contributed by atoms with E-state index in [4.69, 9.17) is 9.84 Å². The summed E-state index contributed by atoms with van der Waals surface area (Å²) in [5, 5.41) is 9.81. The van der Waals surface area contributed by atoms with Gasteiger partial charge in [0.1, 0.15) is 21.4 Å². The molecule has 5 heteroatoms. The van der Waals surface area contributed by atoms with Crippen molar-refractivity contribution in [2.75, 3.05) is 0 Å². The zero-order valence-corrected chi connectivity index (χ0v) is 13.6. The van der Waals surface area contributed by atoms with Crippen molar-refractivity contribution in [3.05, 3.63) is 64.7 Å². The summed E-state index contributed by atoms with van der Waals surface area (Å²) in [5.41, 5.74) is 2.48. The number of carbonyl (C=O) groups is 1. The van der Waals surface area contributed by atoms with Crippen LogP contribution >= 0.6 is 11.3 Å². The van der Waals surface area contributed by atoms with Crippen LogP contribution in [0.1, 0.15) is 20.9 Å². The van der Waals surface area contributed by atoms with Gasteiger partial charge < -0.3 is 9.84 Å². The van der Waals surface area contributed by atoms with Crippen LogP contribution in [0, 0.1) is 13.8 Å². The maximum Gasteiger partial charge on any atom is 0.347 e. The fraction of sp³-hybridized carbons (Fsp3) is 0.111. The molecule has 116 valence electrons. The lowest BCUT2D eigenvalue weighted by Gasteiger charge is -2.08. The smallest absolute Gasteiger partial charge is 0.347 e. The lowest BCUT2D eigenvalue weighted by molar-refractivity contribution is 0.0701. The Kier molecular flexibility index (Phi) is 4.12. The molecule has 0 unspecified atom stereocenters. The first-order valence-electron chi connectivity index (χ1n) is 7.09. The van der Waals surface area contributed by atoms with Gasteiger partial charge in [0.05, 0.1) is 5.69 Å². The molecule has 4 nitrogen and oxygen atoms in total. The first kappa shape index (κ1) is 15.2. The molecule has 0 aliphatic heterocycles. The highest BCUT2D eigenvalue weighted by Crippen LogP contribution is 2.31. The number of aryl methyl sites for hydroxylation is 2. The summed E-state index contributed by atoms with van der Waals surface area (Å²) in [6.45, 7) is 3.70.